The van der Waals surface area contributed by atoms with Gasteiger partial charge in [-0.1, -0.05) is 18.5 Å². The Labute approximate surface area is 193 Å². The third-order valence-electron chi connectivity index (χ3n) is 4.41. The summed E-state index contributed by atoms with van der Waals surface area (Å²) in [5.74, 6) is -0.560. The smallest absolute Gasteiger partial charge is 0.251 e. The van der Waals surface area contributed by atoms with Gasteiger partial charge in [0.2, 0.25) is 11.8 Å². The molecule has 0 bridgehead atoms. The highest BCUT2D eigenvalue weighted by Crippen LogP contribution is 2.25. The third kappa shape index (κ3) is 8.56. The van der Waals surface area contributed by atoms with E-state index in [1.807, 2.05) is 6.92 Å². The Morgan fingerprint density at radius 1 is 0.969 bits per heavy atom. The van der Waals surface area contributed by atoms with E-state index in [9.17, 15) is 14.4 Å². The minimum Gasteiger partial charge on any atom is -0.385 e. The quantitative estimate of drug-likeness (QED) is 0.359. The van der Waals surface area contributed by atoms with Crippen LogP contribution in [0.1, 0.15) is 36.5 Å². The molecule has 0 spiro atoms. The van der Waals surface area contributed by atoms with Crippen molar-refractivity contribution in [2.24, 2.45) is 0 Å². The van der Waals surface area contributed by atoms with Crippen LogP contribution in [0.3, 0.4) is 0 Å². The van der Waals surface area contributed by atoms with Crippen LogP contribution in [0.25, 0.3) is 0 Å². The molecule has 3 amide bonds. The molecule has 32 heavy (non-hydrogen) atoms. The van der Waals surface area contributed by atoms with E-state index in [1.165, 1.54) is 0 Å². The van der Waals surface area contributed by atoms with Crippen LogP contribution >= 0.6 is 11.6 Å². The Balaban J connectivity index is 1.85. The van der Waals surface area contributed by atoms with Crippen molar-refractivity contribution in [3.63, 3.8) is 0 Å². The number of carbonyl (C=O) groups excluding carboxylic acids is 3. The number of anilines is 3. The van der Waals surface area contributed by atoms with Crippen LogP contribution in [0.4, 0.5) is 17.1 Å². The summed E-state index contributed by atoms with van der Waals surface area (Å²) in [6.07, 6.45) is 1.91. The maximum absolute atomic E-state index is 12.3. The predicted molar refractivity (Wildman–Crippen MR) is 127 cm³/mol. The summed E-state index contributed by atoms with van der Waals surface area (Å²) in [5.41, 5.74) is 2.20. The van der Waals surface area contributed by atoms with Gasteiger partial charge in [-0.15, -0.1) is 0 Å². The van der Waals surface area contributed by atoms with E-state index in [0.29, 0.717) is 47.2 Å². The van der Waals surface area contributed by atoms with Crippen molar-refractivity contribution in [1.82, 2.24) is 5.32 Å². The van der Waals surface area contributed by atoms with Gasteiger partial charge in [-0.3, -0.25) is 14.4 Å². The van der Waals surface area contributed by atoms with E-state index < -0.39 is 0 Å². The fourth-order valence-corrected chi connectivity index (χ4v) is 2.95. The molecule has 0 radical (unpaired) electrons. The Morgan fingerprint density at radius 2 is 1.69 bits per heavy atom. The molecule has 8 nitrogen and oxygen atoms in total. The number of ether oxygens (including phenoxy) is 1. The van der Waals surface area contributed by atoms with Crippen molar-refractivity contribution in [3.8, 4) is 0 Å². The van der Waals surface area contributed by atoms with Gasteiger partial charge in [-0.2, -0.15) is 0 Å². The predicted octanol–water partition coefficient (Wildman–Crippen LogP) is 3.90. The minimum absolute atomic E-state index is 0.00527. The first-order chi connectivity index (χ1) is 15.4. The normalized spacial score (nSPS) is 10.3. The number of hydrogen-bond acceptors (Lipinski definition) is 5. The molecule has 0 aliphatic heterocycles. The van der Waals surface area contributed by atoms with Gasteiger partial charge in [0.1, 0.15) is 0 Å². The van der Waals surface area contributed by atoms with E-state index in [4.69, 9.17) is 16.3 Å². The van der Waals surface area contributed by atoms with Gasteiger partial charge in [0.05, 0.1) is 17.3 Å². The van der Waals surface area contributed by atoms with Crippen molar-refractivity contribution in [2.45, 2.75) is 26.2 Å². The lowest BCUT2D eigenvalue weighted by atomic mass is 10.2. The lowest BCUT2D eigenvalue weighted by Gasteiger charge is -2.12. The average molecular weight is 461 g/mol. The maximum Gasteiger partial charge on any atom is 0.251 e. The Hall–Kier alpha value is -3.10. The second-order valence-electron chi connectivity index (χ2n) is 7.07. The van der Waals surface area contributed by atoms with E-state index in [2.05, 4.69) is 21.3 Å². The van der Waals surface area contributed by atoms with Crippen LogP contribution in [0, 0.1) is 0 Å². The Morgan fingerprint density at radius 3 is 2.38 bits per heavy atom. The number of carbonyl (C=O) groups is 3. The molecule has 0 atom stereocenters. The number of halogens is 1. The number of methoxy groups -OCH3 is 1. The van der Waals surface area contributed by atoms with E-state index in [1.54, 1.807) is 49.6 Å². The first kappa shape index (κ1) is 25.2. The number of benzene rings is 2. The van der Waals surface area contributed by atoms with E-state index in [-0.39, 0.29) is 24.3 Å². The molecule has 0 fully saturated rings. The maximum atomic E-state index is 12.3. The molecule has 0 saturated heterocycles. The molecule has 0 heterocycles. The molecular weight excluding hydrogens is 432 g/mol. The second kappa shape index (κ2) is 13.3. The summed E-state index contributed by atoms with van der Waals surface area (Å²) in [6, 6.07) is 11.7. The zero-order chi connectivity index (χ0) is 23.3. The first-order valence-electron chi connectivity index (χ1n) is 10.4. The molecule has 0 unspecified atom stereocenters. The summed E-state index contributed by atoms with van der Waals surface area (Å²) in [4.78, 5) is 36.2. The third-order valence-corrected chi connectivity index (χ3v) is 4.74. The standard InChI is InChI=1S/C23H29ClN4O4/c1-3-5-21(29)27-18-10-11-19(24)20(14-18)28-22(30)15-26-17-8-6-16(7-9-17)23(31)25-12-4-13-32-2/h6-11,14,26H,3-5,12-13,15H2,1-2H3,(H,25,31)(H,27,29)(H,28,30). The highest BCUT2D eigenvalue weighted by Gasteiger charge is 2.09. The molecule has 4 N–H and O–H groups in total. The molecular formula is C23H29ClN4O4. The molecule has 0 aliphatic rings. The zero-order valence-electron chi connectivity index (χ0n) is 18.3. The Kier molecular flexibility index (Phi) is 10.5. The van der Waals surface area contributed by atoms with Gasteiger partial charge < -0.3 is 26.0 Å². The van der Waals surface area contributed by atoms with Crippen LogP contribution < -0.4 is 21.3 Å². The van der Waals surface area contributed by atoms with Gasteiger partial charge in [0, 0.05) is 43.6 Å². The van der Waals surface area contributed by atoms with Crippen LogP contribution in [-0.4, -0.2) is 44.5 Å². The molecule has 0 aromatic heterocycles. The fraction of sp³-hybridized carbons (Fsp3) is 0.348. The van der Waals surface area contributed by atoms with Gasteiger partial charge >= 0.3 is 0 Å². The largest absolute Gasteiger partial charge is 0.385 e. The topological polar surface area (TPSA) is 109 Å². The molecule has 2 rings (SSSR count). The second-order valence-corrected chi connectivity index (χ2v) is 7.48. The fourth-order valence-electron chi connectivity index (χ4n) is 2.79. The van der Waals surface area contributed by atoms with Crippen molar-refractivity contribution in [1.29, 1.82) is 0 Å². The van der Waals surface area contributed by atoms with E-state index in [0.717, 1.165) is 12.8 Å². The van der Waals surface area contributed by atoms with Crippen LogP contribution in [-0.2, 0) is 14.3 Å². The van der Waals surface area contributed by atoms with Crippen molar-refractivity contribution < 1.29 is 19.1 Å². The SMILES string of the molecule is CCCC(=O)Nc1ccc(Cl)c(NC(=O)CNc2ccc(C(=O)NCCCOC)cc2)c1. The average Bonchev–Trinajstić information content (AvgIpc) is 2.78. The highest BCUT2D eigenvalue weighted by atomic mass is 35.5. The van der Waals surface area contributed by atoms with Crippen molar-refractivity contribution >= 4 is 46.4 Å². The lowest BCUT2D eigenvalue weighted by Crippen LogP contribution is -2.25. The number of amides is 3. The van der Waals surface area contributed by atoms with Crippen molar-refractivity contribution in [3.05, 3.63) is 53.1 Å². The van der Waals surface area contributed by atoms with Crippen LogP contribution in [0.15, 0.2) is 42.5 Å². The monoisotopic (exact) mass is 460 g/mol. The number of nitrogens with one attached hydrogen (secondary N) is 4. The summed E-state index contributed by atoms with van der Waals surface area (Å²) >= 11 is 6.16. The molecule has 2 aromatic carbocycles. The van der Waals surface area contributed by atoms with Gasteiger partial charge in [-0.05, 0) is 55.3 Å². The molecule has 172 valence electrons. The molecule has 9 heteroatoms. The Bertz CT molecular complexity index is 919. The van der Waals surface area contributed by atoms with Gasteiger partial charge in [0.25, 0.3) is 5.91 Å². The zero-order valence-corrected chi connectivity index (χ0v) is 19.1. The molecule has 0 aliphatic carbocycles. The van der Waals surface area contributed by atoms with Crippen LogP contribution in [0.5, 0.6) is 0 Å². The summed E-state index contributed by atoms with van der Waals surface area (Å²) in [6.45, 7) is 3.06. The van der Waals surface area contributed by atoms with Gasteiger partial charge in [0.15, 0.2) is 0 Å². The van der Waals surface area contributed by atoms with Crippen LogP contribution in [0.2, 0.25) is 5.02 Å². The minimum atomic E-state index is -0.302. The number of hydrogen-bond donors (Lipinski definition) is 4. The molecule has 2 aromatic rings. The molecule has 0 saturated carbocycles. The summed E-state index contributed by atoms with van der Waals surface area (Å²) in [5, 5.41) is 11.7. The highest BCUT2D eigenvalue weighted by molar-refractivity contribution is 6.33. The number of rotatable bonds is 12. The van der Waals surface area contributed by atoms with Gasteiger partial charge in [-0.25, -0.2) is 0 Å². The summed E-state index contributed by atoms with van der Waals surface area (Å²) < 4.78 is 4.95. The lowest BCUT2D eigenvalue weighted by molar-refractivity contribution is -0.116. The summed E-state index contributed by atoms with van der Waals surface area (Å²) in [7, 11) is 1.62. The first-order valence-corrected chi connectivity index (χ1v) is 10.8. The van der Waals surface area contributed by atoms with E-state index >= 15 is 0 Å². The van der Waals surface area contributed by atoms with Crippen molar-refractivity contribution in [2.75, 3.05) is 42.8 Å².